The van der Waals surface area contributed by atoms with Crippen molar-refractivity contribution in [1.29, 1.82) is 0 Å². The van der Waals surface area contributed by atoms with Crippen LogP contribution in [0.25, 0.3) is 0 Å². The fourth-order valence-corrected chi connectivity index (χ4v) is 3.82. The van der Waals surface area contributed by atoms with Crippen molar-refractivity contribution >= 4 is 15.8 Å². The number of aryl methyl sites for hydroxylation is 1. The fourth-order valence-electron chi connectivity index (χ4n) is 2.15. The van der Waals surface area contributed by atoms with Gasteiger partial charge in [0.15, 0.2) is 15.9 Å². The summed E-state index contributed by atoms with van der Waals surface area (Å²) in [5, 5.41) is 0. The number of alkyl halides is 3. The van der Waals surface area contributed by atoms with Crippen molar-refractivity contribution in [3.8, 4) is 0 Å². The van der Waals surface area contributed by atoms with Gasteiger partial charge in [-0.2, -0.15) is 13.2 Å². The first-order chi connectivity index (χ1) is 10.5. The second-order valence-corrected chi connectivity index (χ2v) is 7.20. The molecule has 0 aliphatic carbocycles. The van der Waals surface area contributed by atoms with Crippen molar-refractivity contribution < 1.29 is 35.9 Å². The Hall–Kier alpha value is -1.61. The summed E-state index contributed by atoms with van der Waals surface area (Å²) in [6.07, 6.45) is -6.97. The van der Waals surface area contributed by atoms with E-state index in [1.165, 1.54) is 31.2 Å². The van der Waals surface area contributed by atoms with Gasteiger partial charge in [-0.3, -0.25) is 0 Å². The molecule has 2 atom stereocenters. The van der Waals surface area contributed by atoms with E-state index in [2.05, 4.69) is 9.47 Å². The lowest BCUT2D eigenvalue weighted by molar-refractivity contribution is -0.178. The first kappa shape index (κ1) is 17.7. The van der Waals surface area contributed by atoms with Crippen molar-refractivity contribution in [3.63, 3.8) is 0 Å². The number of ether oxygens (including phenoxy) is 2. The lowest BCUT2D eigenvalue weighted by Gasteiger charge is -2.17. The lowest BCUT2D eigenvalue weighted by Crippen LogP contribution is -2.43. The summed E-state index contributed by atoms with van der Waals surface area (Å²) < 4.78 is 73.2. The topological polar surface area (TPSA) is 73.0 Å². The van der Waals surface area contributed by atoms with Gasteiger partial charge >= 0.3 is 12.1 Å². The van der Waals surface area contributed by atoms with Crippen LogP contribution in [0.5, 0.6) is 0 Å². The van der Waals surface area contributed by atoms with Crippen LogP contribution in [0.4, 0.5) is 13.2 Å². The summed E-state index contributed by atoms with van der Waals surface area (Å²) in [4.78, 5) is 11.2. The number of rotatable bonds is 5. The average molecular weight is 352 g/mol. The van der Waals surface area contributed by atoms with E-state index in [0.29, 0.717) is 0 Å². The van der Waals surface area contributed by atoms with Crippen LogP contribution in [0.2, 0.25) is 0 Å². The fraction of sp³-hybridized carbons (Fsp3) is 0.500. The highest BCUT2D eigenvalue weighted by atomic mass is 32.2. The summed E-state index contributed by atoms with van der Waals surface area (Å²) in [6.45, 7) is 3.02. The molecule has 1 aromatic rings. The molecule has 1 fully saturated rings. The highest BCUT2D eigenvalue weighted by Gasteiger charge is 2.78. The molecule has 1 aliphatic rings. The Balaban J connectivity index is 2.30. The van der Waals surface area contributed by atoms with Gasteiger partial charge in [0.25, 0.3) is 0 Å². The van der Waals surface area contributed by atoms with Crippen LogP contribution in [-0.2, 0) is 24.1 Å². The molecule has 9 heteroatoms. The normalized spacial score (nSPS) is 24.3. The molecule has 0 amide bonds. The summed E-state index contributed by atoms with van der Waals surface area (Å²) in [5.41, 5.74) is -2.29. The van der Waals surface area contributed by atoms with E-state index in [0.717, 1.165) is 5.56 Å². The summed E-state index contributed by atoms with van der Waals surface area (Å²) >= 11 is 0. The van der Waals surface area contributed by atoms with Crippen LogP contribution >= 0.6 is 0 Å². The molecule has 0 radical (unpaired) electrons. The predicted molar refractivity (Wildman–Crippen MR) is 73.5 cm³/mol. The number of carbonyl (C=O) groups excluding carboxylic acids is 1. The van der Waals surface area contributed by atoms with Gasteiger partial charge in [0, 0.05) is 0 Å². The molecule has 0 N–H and O–H groups in total. The maximum Gasteiger partial charge on any atom is 0.421 e. The Morgan fingerprint density at radius 1 is 1.30 bits per heavy atom. The SMILES string of the molecule is CCOC(=O)[C@@H]1O[C@@]1(CS(=O)(=O)c1ccc(C)cc1)C(F)(F)F. The summed E-state index contributed by atoms with van der Waals surface area (Å²) in [5.74, 6) is -2.58. The predicted octanol–water partition coefficient (Wildman–Crippen LogP) is 2.03. The Morgan fingerprint density at radius 3 is 2.35 bits per heavy atom. The third-order valence-electron chi connectivity index (χ3n) is 3.46. The van der Waals surface area contributed by atoms with E-state index in [1.807, 2.05) is 0 Å². The molecule has 0 unspecified atom stereocenters. The summed E-state index contributed by atoms with van der Waals surface area (Å²) in [6, 6.07) is 5.39. The van der Waals surface area contributed by atoms with Crippen molar-refractivity contribution in [3.05, 3.63) is 29.8 Å². The second kappa shape index (κ2) is 5.79. The van der Waals surface area contributed by atoms with Crippen LogP contribution in [0.15, 0.2) is 29.2 Å². The standard InChI is InChI=1S/C14H15F3O5S/c1-3-21-12(18)11-13(22-11,14(15,16)17)8-23(19,20)10-6-4-9(2)5-7-10/h4-7,11H,3,8H2,1-2H3/t11-,13+/m0/s1. The number of esters is 1. The van der Waals surface area contributed by atoms with Gasteiger partial charge in [0.05, 0.1) is 17.3 Å². The number of benzene rings is 1. The van der Waals surface area contributed by atoms with Crippen LogP contribution in [-0.4, -0.2) is 44.6 Å². The van der Waals surface area contributed by atoms with Gasteiger partial charge in [-0.15, -0.1) is 0 Å². The molecular weight excluding hydrogens is 337 g/mol. The monoisotopic (exact) mass is 352 g/mol. The molecule has 23 heavy (non-hydrogen) atoms. The van der Waals surface area contributed by atoms with E-state index >= 15 is 0 Å². The highest BCUT2D eigenvalue weighted by molar-refractivity contribution is 7.91. The Labute approximate surface area is 131 Å². The van der Waals surface area contributed by atoms with Crippen LogP contribution in [0.3, 0.4) is 0 Å². The quantitative estimate of drug-likeness (QED) is 0.599. The Kier molecular flexibility index (Phi) is 4.46. The third-order valence-corrected chi connectivity index (χ3v) is 5.26. The molecule has 1 aliphatic heterocycles. The maximum atomic E-state index is 13.3. The van der Waals surface area contributed by atoms with Gasteiger partial charge in [0.2, 0.25) is 5.60 Å². The van der Waals surface area contributed by atoms with E-state index in [-0.39, 0.29) is 11.5 Å². The van der Waals surface area contributed by atoms with E-state index in [1.54, 1.807) is 6.92 Å². The van der Waals surface area contributed by atoms with E-state index in [4.69, 9.17) is 0 Å². The maximum absolute atomic E-state index is 13.3. The molecule has 0 bridgehead atoms. The molecule has 2 rings (SSSR count). The van der Waals surface area contributed by atoms with Crippen LogP contribution in [0.1, 0.15) is 12.5 Å². The number of halogens is 3. The lowest BCUT2D eigenvalue weighted by atomic mass is 10.1. The first-order valence-electron chi connectivity index (χ1n) is 6.74. The molecule has 0 spiro atoms. The van der Waals surface area contributed by atoms with E-state index in [9.17, 15) is 26.4 Å². The number of hydrogen-bond donors (Lipinski definition) is 0. The number of epoxide rings is 1. The first-order valence-corrected chi connectivity index (χ1v) is 8.39. The van der Waals surface area contributed by atoms with Crippen molar-refractivity contribution in [2.75, 3.05) is 12.4 Å². The average Bonchev–Trinajstić information content (AvgIpc) is 3.14. The molecule has 0 saturated carbocycles. The zero-order chi connectivity index (χ0) is 17.5. The largest absolute Gasteiger partial charge is 0.464 e. The third kappa shape index (κ3) is 3.35. The van der Waals surface area contributed by atoms with Gasteiger partial charge in [-0.25, -0.2) is 13.2 Å². The van der Waals surface area contributed by atoms with Crippen LogP contribution in [0, 0.1) is 6.92 Å². The summed E-state index contributed by atoms with van der Waals surface area (Å²) in [7, 11) is -4.29. The minimum atomic E-state index is -5.01. The number of sulfone groups is 1. The minimum absolute atomic E-state index is 0.128. The molecule has 1 aromatic carbocycles. The van der Waals surface area contributed by atoms with Crippen LogP contribution < -0.4 is 0 Å². The van der Waals surface area contributed by atoms with Gasteiger partial charge in [0.1, 0.15) is 0 Å². The van der Waals surface area contributed by atoms with Crippen molar-refractivity contribution in [2.45, 2.75) is 36.6 Å². The zero-order valence-corrected chi connectivity index (χ0v) is 13.2. The molecule has 1 heterocycles. The van der Waals surface area contributed by atoms with Gasteiger partial charge in [-0.05, 0) is 26.0 Å². The molecular formula is C14H15F3O5S. The molecule has 1 saturated heterocycles. The van der Waals surface area contributed by atoms with E-state index < -0.39 is 39.4 Å². The molecule has 5 nitrogen and oxygen atoms in total. The molecule has 128 valence electrons. The highest BCUT2D eigenvalue weighted by Crippen LogP contribution is 2.51. The van der Waals surface area contributed by atoms with Gasteiger partial charge in [-0.1, -0.05) is 17.7 Å². The zero-order valence-electron chi connectivity index (χ0n) is 12.4. The van der Waals surface area contributed by atoms with Crippen molar-refractivity contribution in [2.24, 2.45) is 0 Å². The molecule has 0 aromatic heterocycles. The number of hydrogen-bond acceptors (Lipinski definition) is 5. The Morgan fingerprint density at radius 2 is 1.87 bits per heavy atom. The Bertz CT molecular complexity index is 696. The number of carbonyl (C=O) groups is 1. The van der Waals surface area contributed by atoms with Crippen molar-refractivity contribution in [1.82, 2.24) is 0 Å². The smallest absolute Gasteiger partial charge is 0.421 e. The minimum Gasteiger partial charge on any atom is -0.464 e. The van der Waals surface area contributed by atoms with Gasteiger partial charge < -0.3 is 9.47 Å². The second-order valence-electron chi connectivity index (χ2n) is 5.21.